The lowest BCUT2D eigenvalue weighted by Gasteiger charge is -2.16. The highest BCUT2D eigenvalue weighted by atomic mass is 16.5. The number of ether oxygens (including phenoxy) is 1. The number of carbonyl (C=O) groups is 1. The van der Waals surface area contributed by atoms with Crippen LogP contribution in [0.1, 0.15) is 20.3 Å². The molecule has 0 aliphatic heterocycles. The second-order valence-electron chi connectivity index (χ2n) is 4.05. The minimum Gasteiger partial charge on any atom is -0.504 e. The normalized spacial score (nSPS) is 19.9. The van der Waals surface area contributed by atoms with Crippen LogP contribution in [0.3, 0.4) is 0 Å². The fraction of sp³-hybridized carbons (Fsp3) is 0.385. The third-order valence-electron chi connectivity index (χ3n) is 2.66. The smallest absolute Gasteiger partial charge is 0.358 e. The number of aliphatic hydroxyl groups is 1. The molecule has 5 heteroatoms. The second kappa shape index (κ2) is 6.05. The van der Waals surface area contributed by atoms with E-state index in [0.29, 0.717) is 6.42 Å². The van der Waals surface area contributed by atoms with E-state index in [1.807, 2.05) is 25.2 Å². The second-order valence-corrected chi connectivity index (χ2v) is 4.05. The van der Waals surface area contributed by atoms with Gasteiger partial charge in [0.05, 0.1) is 12.3 Å². The molecule has 0 aromatic rings. The van der Waals surface area contributed by atoms with Gasteiger partial charge in [0.1, 0.15) is 0 Å². The van der Waals surface area contributed by atoms with Gasteiger partial charge in [-0.1, -0.05) is 23.8 Å². The van der Waals surface area contributed by atoms with E-state index in [0.717, 1.165) is 5.57 Å². The molecule has 1 aliphatic rings. The standard InChI is InChI=1S/C13H18N2O3/c1-3-18-13(17)11(15)12(16)10(14)9-6-4-8(2)5-7-9/h4-6,9,14,16H,3,7,15H2,1-2H3/b12-11+,14-10?. The van der Waals surface area contributed by atoms with Crippen molar-refractivity contribution in [1.29, 1.82) is 5.41 Å². The number of carbonyl (C=O) groups excluding carboxylic acids is 1. The Balaban J connectivity index is 2.81. The maximum Gasteiger partial charge on any atom is 0.358 e. The SMILES string of the molecule is CCOC(=O)/C(N)=C(\O)C(=N)C1C=CC(C)=CC1. The van der Waals surface area contributed by atoms with Gasteiger partial charge in [-0.2, -0.15) is 0 Å². The van der Waals surface area contributed by atoms with Gasteiger partial charge in [-0.15, -0.1) is 0 Å². The molecule has 0 spiro atoms. The number of rotatable bonds is 4. The van der Waals surface area contributed by atoms with E-state index in [-0.39, 0.29) is 18.2 Å². The first-order valence-corrected chi connectivity index (χ1v) is 5.77. The molecule has 1 aliphatic carbocycles. The number of hydrogen-bond donors (Lipinski definition) is 3. The molecule has 98 valence electrons. The van der Waals surface area contributed by atoms with Crippen LogP contribution in [-0.4, -0.2) is 23.4 Å². The first-order chi connectivity index (χ1) is 8.47. The highest BCUT2D eigenvalue weighted by Crippen LogP contribution is 2.20. The molecule has 0 aromatic heterocycles. The summed E-state index contributed by atoms with van der Waals surface area (Å²) >= 11 is 0. The number of nitrogens with one attached hydrogen (secondary N) is 1. The Bertz CT molecular complexity index is 447. The molecule has 5 nitrogen and oxygen atoms in total. The molecular weight excluding hydrogens is 232 g/mol. The molecule has 0 saturated heterocycles. The number of allylic oxidation sites excluding steroid dienone is 5. The van der Waals surface area contributed by atoms with E-state index >= 15 is 0 Å². The summed E-state index contributed by atoms with van der Waals surface area (Å²) in [5.74, 6) is -1.57. The number of hydrogen-bond acceptors (Lipinski definition) is 5. The Labute approximate surface area is 106 Å². The molecule has 1 unspecified atom stereocenters. The van der Waals surface area contributed by atoms with Crippen molar-refractivity contribution < 1.29 is 14.6 Å². The highest BCUT2D eigenvalue weighted by Gasteiger charge is 2.22. The maximum absolute atomic E-state index is 11.3. The molecule has 0 bridgehead atoms. The summed E-state index contributed by atoms with van der Waals surface area (Å²) in [6, 6.07) is 0. The van der Waals surface area contributed by atoms with Crippen LogP contribution in [0.15, 0.2) is 35.3 Å². The van der Waals surface area contributed by atoms with Crippen molar-refractivity contribution in [1.82, 2.24) is 0 Å². The average molecular weight is 250 g/mol. The Morgan fingerprint density at radius 3 is 2.83 bits per heavy atom. The topological polar surface area (TPSA) is 96.4 Å². The van der Waals surface area contributed by atoms with Crippen molar-refractivity contribution in [3.63, 3.8) is 0 Å². The van der Waals surface area contributed by atoms with Gasteiger partial charge < -0.3 is 21.0 Å². The Morgan fingerprint density at radius 2 is 2.33 bits per heavy atom. The van der Waals surface area contributed by atoms with Crippen LogP contribution < -0.4 is 5.73 Å². The average Bonchev–Trinajstić information content (AvgIpc) is 2.37. The van der Waals surface area contributed by atoms with Crippen molar-refractivity contribution in [3.8, 4) is 0 Å². The zero-order valence-corrected chi connectivity index (χ0v) is 10.6. The minimum absolute atomic E-state index is 0.0689. The van der Waals surface area contributed by atoms with Gasteiger partial charge in [0.2, 0.25) is 0 Å². The van der Waals surface area contributed by atoms with Crippen molar-refractivity contribution in [3.05, 3.63) is 35.3 Å². The van der Waals surface area contributed by atoms with Crippen LogP contribution in [0, 0.1) is 11.3 Å². The van der Waals surface area contributed by atoms with Crippen LogP contribution in [0.4, 0.5) is 0 Å². The summed E-state index contributed by atoms with van der Waals surface area (Å²) in [6.07, 6.45) is 6.26. The van der Waals surface area contributed by atoms with E-state index in [9.17, 15) is 9.90 Å². The molecular formula is C13H18N2O3. The lowest BCUT2D eigenvalue weighted by Crippen LogP contribution is -2.24. The molecule has 0 aromatic carbocycles. The van der Waals surface area contributed by atoms with Crippen LogP contribution in [0.25, 0.3) is 0 Å². The molecule has 0 amide bonds. The van der Waals surface area contributed by atoms with Crippen molar-refractivity contribution in [2.24, 2.45) is 11.7 Å². The fourth-order valence-corrected chi connectivity index (χ4v) is 1.57. The molecule has 4 N–H and O–H groups in total. The van der Waals surface area contributed by atoms with E-state index < -0.39 is 17.4 Å². The summed E-state index contributed by atoms with van der Waals surface area (Å²) in [4.78, 5) is 11.3. The van der Waals surface area contributed by atoms with E-state index in [1.54, 1.807) is 6.92 Å². The van der Waals surface area contributed by atoms with Crippen LogP contribution in [0.2, 0.25) is 0 Å². The summed E-state index contributed by atoms with van der Waals surface area (Å²) in [5, 5.41) is 17.6. The third kappa shape index (κ3) is 3.23. The van der Waals surface area contributed by atoms with Crippen molar-refractivity contribution >= 4 is 11.7 Å². The van der Waals surface area contributed by atoms with Gasteiger partial charge in [0.25, 0.3) is 0 Å². The third-order valence-corrected chi connectivity index (χ3v) is 2.66. The summed E-state index contributed by atoms with van der Waals surface area (Å²) in [7, 11) is 0. The zero-order valence-electron chi connectivity index (χ0n) is 10.6. The van der Waals surface area contributed by atoms with Gasteiger partial charge >= 0.3 is 5.97 Å². The predicted molar refractivity (Wildman–Crippen MR) is 69.2 cm³/mol. The Hall–Kier alpha value is -2.04. The monoisotopic (exact) mass is 250 g/mol. The lowest BCUT2D eigenvalue weighted by molar-refractivity contribution is -0.138. The van der Waals surface area contributed by atoms with E-state index in [4.69, 9.17) is 11.1 Å². The van der Waals surface area contributed by atoms with E-state index in [2.05, 4.69) is 4.74 Å². The highest BCUT2D eigenvalue weighted by molar-refractivity contribution is 6.04. The Kier molecular flexibility index (Phi) is 4.71. The molecule has 0 heterocycles. The summed E-state index contributed by atoms with van der Waals surface area (Å²) in [6.45, 7) is 3.77. The molecule has 0 radical (unpaired) electrons. The number of esters is 1. The van der Waals surface area contributed by atoms with Crippen molar-refractivity contribution in [2.45, 2.75) is 20.3 Å². The summed E-state index contributed by atoms with van der Waals surface area (Å²) in [5.41, 5.74) is 6.08. The summed E-state index contributed by atoms with van der Waals surface area (Å²) < 4.78 is 4.67. The maximum atomic E-state index is 11.3. The molecule has 0 fully saturated rings. The fourth-order valence-electron chi connectivity index (χ4n) is 1.57. The predicted octanol–water partition coefficient (Wildman–Crippen LogP) is 1.82. The lowest BCUT2D eigenvalue weighted by atomic mass is 9.91. The van der Waals surface area contributed by atoms with Crippen LogP contribution >= 0.6 is 0 Å². The minimum atomic E-state index is -0.800. The first kappa shape index (κ1) is 14.0. The molecule has 0 saturated carbocycles. The molecule has 18 heavy (non-hydrogen) atoms. The molecule has 1 atom stereocenters. The van der Waals surface area contributed by atoms with E-state index in [1.165, 1.54) is 0 Å². The largest absolute Gasteiger partial charge is 0.504 e. The van der Waals surface area contributed by atoms with Gasteiger partial charge in [0, 0.05) is 5.92 Å². The van der Waals surface area contributed by atoms with Gasteiger partial charge in [-0.3, -0.25) is 0 Å². The number of nitrogens with two attached hydrogens (primary N) is 1. The van der Waals surface area contributed by atoms with Crippen LogP contribution in [0.5, 0.6) is 0 Å². The first-order valence-electron chi connectivity index (χ1n) is 5.77. The van der Waals surface area contributed by atoms with Crippen LogP contribution in [-0.2, 0) is 9.53 Å². The zero-order chi connectivity index (χ0) is 13.7. The van der Waals surface area contributed by atoms with Gasteiger partial charge in [0.15, 0.2) is 11.5 Å². The molecule has 1 rings (SSSR count). The van der Waals surface area contributed by atoms with Gasteiger partial charge in [-0.25, -0.2) is 4.79 Å². The quantitative estimate of drug-likeness (QED) is 0.307. The number of aliphatic hydroxyl groups excluding tert-OH is 1. The Morgan fingerprint density at radius 1 is 1.67 bits per heavy atom. The van der Waals surface area contributed by atoms with Crippen molar-refractivity contribution in [2.75, 3.05) is 6.61 Å². The van der Waals surface area contributed by atoms with Gasteiger partial charge in [-0.05, 0) is 20.3 Å².